The summed E-state index contributed by atoms with van der Waals surface area (Å²) in [7, 11) is 0. The van der Waals surface area contributed by atoms with Crippen LogP contribution in [-0.2, 0) is 4.79 Å². The van der Waals surface area contributed by atoms with Crippen LogP contribution in [0.3, 0.4) is 0 Å². The number of pyridine rings is 1. The number of benzene rings is 1. The highest BCUT2D eigenvalue weighted by atomic mass is 32.1. The van der Waals surface area contributed by atoms with Crippen molar-refractivity contribution < 1.29 is 14.7 Å². The third-order valence-electron chi connectivity index (χ3n) is 5.82. The Labute approximate surface area is 205 Å². The lowest BCUT2D eigenvalue weighted by Crippen LogP contribution is -2.27. The SMILES string of the molecule is Cc1[nH]c(/C=C2\C(=O)Nc3ccc(-c4csc(-c5ccccc5)n4)nc32)c(C)c1C(=O)NCCO. The quantitative estimate of drug-likeness (QED) is 0.307. The average Bonchev–Trinajstić information content (AvgIpc) is 3.54. The van der Waals surface area contributed by atoms with Gasteiger partial charge in [-0.3, -0.25) is 9.59 Å². The maximum atomic E-state index is 12.8. The second kappa shape index (κ2) is 9.28. The Balaban J connectivity index is 1.50. The predicted molar refractivity (Wildman–Crippen MR) is 137 cm³/mol. The van der Waals surface area contributed by atoms with Gasteiger partial charge in [0, 0.05) is 28.9 Å². The number of aliphatic hydroxyl groups excluding tert-OH is 1. The van der Waals surface area contributed by atoms with E-state index in [9.17, 15) is 9.59 Å². The number of hydrogen-bond donors (Lipinski definition) is 4. The van der Waals surface area contributed by atoms with Crippen molar-refractivity contribution >= 4 is 40.5 Å². The molecular formula is C26H23N5O3S. The summed E-state index contributed by atoms with van der Waals surface area (Å²) in [5.74, 6) is -0.532. The number of rotatable bonds is 6. The summed E-state index contributed by atoms with van der Waals surface area (Å²) < 4.78 is 0. The van der Waals surface area contributed by atoms with Crippen LogP contribution in [0.15, 0.2) is 47.8 Å². The molecule has 8 nitrogen and oxygen atoms in total. The van der Waals surface area contributed by atoms with Gasteiger partial charge in [0.2, 0.25) is 0 Å². The topological polar surface area (TPSA) is 120 Å². The molecule has 4 N–H and O–H groups in total. The van der Waals surface area contributed by atoms with Gasteiger partial charge in [-0.15, -0.1) is 11.3 Å². The van der Waals surface area contributed by atoms with Crippen molar-refractivity contribution in [1.82, 2.24) is 20.3 Å². The van der Waals surface area contributed by atoms with E-state index in [0.29, 0.717) is 39.6 Å². The fraction of sp³-hybridized carbons (Fsp3) is 0.154. The summed E-state index contributed by atoms with van der Waals surface area (Å²) >= 11 is 1.54. The van der Waals surface area contributed by atoms with Crippen LogP contribution in [0.1, 0.15) is 33.0 Å². The lowest BCUT2D eigenvalue weighted by molar-refractivity contribution is -0.110. The van der Waals surface area contributed by atoms with Crippen molar-refractivity contribution in [1.29, 1.82) is 0 Å². The first-order chi connectivity index (χ1) is 17.0. The van der Waals surface area contributed by atoms with Gasteiger partial charge >= 0.3 is 0 Å². The molecule has 0 aliphatic carbocycles. The second-order valence-corrected chi connectivity index (χ2v) is 9.01. The summed E-state index contributed by atoms with van der Waals surface area (Å²) in [4.78, 5) is 38.0. The maximum Gasteiger partial charge on any atom is 0.258 e. The van der Waals surface area contributed by atoms with Crippen LogP contribution in [0.2, 0.25) is 0 Å². The Morgan fingerprint density at radius 1 is 1.11 bits per heavy atom. The monoisotopic (exact) mass is 485 g/mol. The minimum Gasteiger partial charge on any atom is -0.395 e. The number of thiazole rings is 1. The maximum absolute atomic E-state index is 12.8. The molecule has 9 heteroatoms. The van der Waals surface area contributed by atoms with Crippen molar-refractivity contribution in [2.75, 3.05) is 18.5 Å². The van der Waals surface area contributed by atoms with Gasteiger partial charge < -0.3 is 20.7 Å². The smallest absolute Gasteiger partial charge is 0.258 e. The van der Waals surface area contributed by atoms with E-state index in [1.165, 1.54) is 0 Å². The van der Waals surface area contributed by atoms with E-state index < -0.39 is 0 Å². The molecule has 1 aromatic carbocycles. The molecule has 0 atom stereocenters. The molecule has 1 aliphatic rings. The number of hydrogen-bond acceptors (Lipinski definition) is 6. The van der Waals surface area contributed by atoms with Crippen molar-refractivity contribution in [3.63, 3.8) is 0 Å². The molecule has 0 spiro atoms. The number of nitrogens with zero attached hydrogens (tertiary/aromatic N) is 2. The second-order valence-electron chi connectivity index (χ2n) is 8.15. The van der Waals surface area contributed by atoms with Gasteiger partial charge in [0.25, 0.3) is 11.8 Å². The Morgan fingerprint density at radius 3 is 2.69 bits per heavy atom. The third kappa shape index (κ3) is 4.27. The Kier molecular flexibility index (Phi) is 6.02. The van der Waals surface area contributed by atoms with E-state index in [2.05, 4.69) is 15.6 Å². The number of carbonyl (C=O) groups excluding carboxylic acids is 2. The van der Waals surface area contributed by atoms with Crippen LogP contribution >= 0.6 is 11.3 Å². The van der Waals surface area contributed by atoms with Crippen LogP contribution in [0.5, 0.6) is 0 Å². The molecule has 4 heterocycles. The first kappa shape index (κ1) is 22.7. The number of aryl methyl sites for hydroxylation is 1. The molecule has 0 radical (unpaired) electrons. The Morgan fingerprint density at radius 2 is 1.91 bits per heavy atom. The van der Waals surface area contributed by atoms with Crippen LogP contribution < -0.4 is 10.6 Å². The number of anilines is 1. The van der Waals surface area contributed by atoms with Gasteiger partial charge in [-0.25, -0.2) is 9.97 Å². The number of aromatic nitrogens is 3. The lowest BCUT2D eigenvalue weighted by atomic mass is 10.1. The van der Waals surface area contributed by atoms with E-state index in [0.717, 1.165) is 21.8 Å². The summed E-state index contributed by atoms with van der Waals surface area (Å²) in [6.07, 6.45) is 1.72. The van der Waals surface area contributed by atoms with Crippen LogP contribution in [-0.4, -0.2) is 45.0 Å². The first-order valence-electron chi connectivity index (χ1n) is 11.1. The predicted octanol–water partition coefficient (Wildman–Crippen LogP) is 4.03. The molecule has 176 valence electrons. The van der Waals surface area contributed by atoms with E-state index >= 15 is 0 Å². The molecule has 3 aromatic heterocycles. The van der Waals surface area contributed by atoms with Gasteiger partial charge in [-0.05, 0) is 37.6 Å². The van der Waals surface area contributed by atoms with Gasteiger partial charge in [0.15, 0.2) is 0 Å². The fourth-order valence-corrected chi connectivity index (χ4v) is 4.92. The summed E-state index contributed by atoms with van der Waals surface area (Å²) in [6.45, 7) is 3.66. The zero-order chi connectivity index (χ0) is 24.5. The van der Waals surface area contributed by atoms with E-state index in [1.54, 1.807) is 24.3 Å². The molecule has 0 bridgehead atoms. The minimum atomic E-state index is -0.274. The summed E-state index contributed by atoms with van der Waals surface area (Å²) in [5.41, 5.74) is 6.59. The van der Waals surface area contributed by atoms with Crippen LogP contribution in [0, 0.1) is 13.8 Å². The number of nitrogens with one attached hydrogen (secondary N) is 3. The number of aromatic amines is 1. The number of amides is 2. The molecule has 2 amide bonds. The third-order valence-corrected chi connectivity index (χ3v) is 6.71. The van der Waals surface area contributed by atoms with Crippen molar-refractivity contribution in [3.05, 3.63) is 76.1 Å². The molecule has 4 aromatic rings. The number of carbonyl (C=O) groups is 2. The molecule has 35 heavy (non-hydrogen) atoms. The highest BCUT2D eigenvalue weighted by Gasteiger charge is 2.28. The van der Waals surface area contributed by atoms with E-state index in [4.69, 9.17) is 15.1 Å². The Bertz CT molecular complexity index is 1470. The zero-order valence-corrected chi connectivity index (χ0v) is 20.0. The van der Waals surface area contributed by atoms with Crippen molar-refractivity contribution in [2.45, 2.75) is 13.8 Å². The number of H-pyrrole nitrogens is 1. The normalized spacial score (nSPS) is 13.7. The molecule has 0 saturated carbocycles. The van der Waals surface area contributed by atoms with Gasteiger partial charge in [0.1, 0.15) is 16.4 Å². The van der Waals surface area contributed by atoms with Crippen molar-refractivity contribution in [2.24, 2.45) is 0 Å². The zero-order valence-electron chi connectivity index (χ0n) is 19.2. The largest absolute Gasteiger partial charge is 0.395 e. The van der Waals surface area contributed by atoms with Gasteiger partial charge in [0.05, 0.1) is 29.1 Å². The molecule has 0 fully saturated rings. The number of fused-ring (bicyclic) bond motifs is 1. The minimum absolute atomic E-state index is 0.137. The highest BCUT2D eigenvalue weighted by Crippen LogP contribution is 2.35. The molecule has 0 unspecified atom stereocenters. The lowest BCUT2D eigenvalue weighted by Gasteiger charge is -2.04. The molecule has 1 aliphatic heterocycles. The number of aliphatic hydroxyl groups is 1. The standard InChI is InChI=1S/C26H23N5O3S/c1-14-20(28-15(2)22(14)25(34)27-10-11-32)12-17-23-19(30-24(17)33)9-8-18(29-23)21-13-35-26(31-21)16-6-4-3-5-7-16/h3-9,12-13,28,32H,10-11H2,1-2H3,(H,27,34)(H,30,33)/b17-12-. The molecular weight excluding hydrogens is 462 g/mol. The molecule has 0 saturated heterocycles. The van der Waals surface area contributed by atoms with Crippen molar-refractivity contribution in [3.8, 4) is 22.0 Å². The Hall–Kier alpha value is -4.08. The van der Waals surface area contributed by atoms with E-state index in [1.807, 2.05) is 54.8 Å². The summed E-state index contributed by atoms with van der Waals surface area (Å²) in [6, 6.07) is 13.6. The average molecular weight is 486 g/mol. The summed E-state index contributed by atoms with van der Waals surface area (Å²) in [5, 5.41) is 17.4. The van der Waals surface area contributed by atoms with Gasteiger partial charge in [-0.2, -0.15) is 0 Å². The first-order valence-corrected chi connectivity index (χ1v) is 12.0. The fourth-order valence-electron chi connectivity index (χ4n) is 4.11. The molecule has 5 rings (SSSR count). The van der Waals surface area contributed by atoms with E-state index in [-0.39, 0.29) is 25.0 Å². The van der Waals surface area contributed by atoms with Crippen LogP contribution in [0.4, 0.5) is 5.69 Å². The van der Waals surface area contributed by atoms with Gasteiger partial charge in [-0.1, -0.05) is 30.3 Å². The van der Waals surface area contributed by atoms with Crippen LogP contribution in [0.25, 0.3) is 33.6 Å². The highest BCUT2D eigenvalue weighted by molar-refractivity contribution is 7.13.